The Labute approximate surface area is 123 Å². The summed E-state index contributed by atoms with van der Waals surface area (Å²) in [6.07, 6.45) is 4.34. The molecule has 3 rings (SSSR count). The second kappa shape index (κ2) is 5.58. The first-order valence-electron chi connectivity index (χ1n) is 8.17. The summed E-state index contributed by atoms with van der Waals surface area (Å²) in [6, 6.07) is 1.20. The van der Waals surface area contributed by atoms with Gasteiger partial charge in [0.2, 0.25) is 0 Å². The molecule has 0 aliphatic carbocycles. The van der Waals surface area contributed by atoms with Gasteiger partial charge in [-0.05, 0) is 38.1 Å². The average Bonchev–Trinajstić information content (AvgIpc) is 2.95. The van der Waals surface area contributed by atoms with Crippen molar-refractivity contribution in [2.45, 2.75) is 56.9 Å². The van der Waals surface area contributed by atoms with Crippen LogP contribution in [0.2, 0.25) is 0 Å². The second-order valence-electron chi connectivity index (χ2n) is 7.19. The molecule has 20 heavy (non-hydrogen) atoms. The molecule has 0 N–H and O–H groups in total. The predicted octanol–water partition coefficient (Wildman–Crippen LogP) is 1.37. The lowest BCUT2D eigenvalue weighted by atomic mass is 9.97. The van der Waals surface area contributed by atoms with Gasteiger partial charge in [0.05, 0.1) is 11.0 Å². The standard InChI is InChI=1S/C15H28N2O2S/c1-12(2)15-11-16-7-3-5-13(16)9-17(15)10-14-6-4-8-20(14,18)19/h12-15H,3-11H2,1-2H3. The van der Waals surface area contributed by atoms with E-state index in [2.05, 4.69) is 23.6 Å². The average molecular weight is 300 g/mol. The summed E-state index contributed by atoms with van der Waals surface area (Å²) >= 11 is 0. The van der Waals surface area contributed by atoms with Crippen molar-refractivity contribution in [1.29, 1.82) is 0 Å². The maximum absolute atomic E-state index is 12.1. The number of hydrogen-bond donors (Lipinski definition) is 0. The number of piperazine rings is 1. The molecular weight excluding hydrogens is 272 g/mol. The molecule has 0 aromatic rings. The van der Waals surface area contributed by atoms with Crippen molar-refractivity contribution in [2.75, 3.05) is 31.9 Å². The molecule has 116 valence electrons. The summed E-state index contributed by atoms with van der Waals surface area (Å²) in [6.45, 7) is 8.78. The Bertz CT molecular complexity index is 449. The van der Waals surface area contributed by atoms with E-state index in [1.165, 1.54) is 19.4 Å². The number of fused-ring (bicyclic) bond motifs is 1. The Balaban J connectivity index is 1.72. The van der Waals surface area contributed by atoms with Gasteiger partial charge in [0.15, 0.2) is 9.84 Å². The van der Waals surface area contributed by atoms with Gasteiger partial charge in [-0.1, -0.05) is 13.8 Å². The lowest BCUT2D eigenvalue weighted by Gasteiger charge is -2.46. The Morgan fingerprint density at radius 3 is 2.60 bits per heavy atom. The molecule has 0 saturated carbocycles. The molecule has 3 unspecified atom stereocenters. The normalized spacial score (nSPS) is 38.5. The molecule has 0 spiro atoms. The van der Waals surface area contributed by atoms with Crippen molar-refractivity contribution < 1.29 is 8.42 Å². The summed E-state index contributed by atoms with van der Waals surface area (Å²) in [4.78, 5) is 5.13. The summed E-state index contributed by atoms with van der Waals surface area (Å²) in [5.41, 5.74) is 0. The van der Waals surface area contributed by atoms with Gasteiger partial charge in [-0.15, -0.1) is 0 Å². The van der Waals surface area contributed by atoms with Gasteiger partial charge < -0.3 is 0 Å². The van der Waals surface area contributed by atoms with E-state index in [9.17, 15) is 8.42 Å². The fourth-order valence-corrected chi connectivity index (χ4v) is 6.12. The first-order chi connectivity index (χ1) is 9.47. The summed E-state index contributed by atoms with van der Waals surface area (Å²) in [5.74, 6) is 1.01. The molecule has 0 bridgehead atoms. The number of sulfone groups is 1. The molecule has 0 radical (unpaired) electrons. The summed E-state index contributed by atoms with van der Waals surface area (Å²) in [5, 5.41) is -0.100. The van der Waals surface area contributed by atoms with Gasteiger partial charge in [0.25, 0.3) is 0 Å². The van der Waals surface area contributed by atoms with Crippen LogP contribution in [0.4, 0.5) is 0 Å². The van der Waals surface area contributed by atoms with E-state index in [1.54, 1.807) is 0 Å². The van der Waals surface area contributed by atoms with Crippen LogP contribution in [0, 0.1) is 5.92 Å². The van der Waals surface area contributed by atoms with Crippen LogP contribution in [0.25, 0.3) is 0 Å². The van der Waals surface area contributed by atoms with Crippen LogP contribution in [0.3, 0.4) is 0 Å². The third-order valence-electron chi connectivity index (χ3n) is 5.51. The van der Waals surface area contributed by atoms with E-state index >= 15 is 0 Å². The zero-order valence-electron chi connectivity index (χ0n) is 12.8. The molecule has 0 aromatic heterocycles. The van der Waals surface area contributed by atoms with E-state index in [1.807, 2.05) is 0 Å². The molecule has 3 aliphatic rings. The first-order valence-corrected chi connectivity index (χ1v) is 9.88. The fourth-order valence-electron chi connectivity index (χ4n) is 4.27. The minimum atomic E-state index is -2.81. The number of hydrogen-bond acceptors (Lipinski definition) is 4. The van der Waals surface area contributed by atoms with Crippen LogP contribution in [0.15, 0.2) is 0 Å². The van der Waals surface area contributed by atoms with E-state index in [-0.39, 0.29) is 5.25 Å². The number of nitrogens with zero attached hydrogens (tertiary/aromatic N) is 2. The molecule has 5 heteroatoms. The fraction of sp³-hybridized carbons (Fsp3) is 1.00. The minimum Gasteiger partial charge on any atom is -0.298 e. The van der Waals surface area contributed by atoms with Crippen LogP contribution in [0.5, 0.6) is 0 Å². The van der Waals surface area contributed by atoms with Gasteiger partial charge in [0, 0.05) is 31.7 Å². The molecular formula is C15H28N2O2S. The highest BCUT2D eigenvalue weighted by molar-refractivity contribution is 7.92. The topological polar surface area (TPSA) is 40.6 Å². The van der Waals surface area contributed by atoms with Gasteiger partial charge >= 0.3 is 0 Å². The SMILES string of the molecule is CC(C)C1CN2CCCC2CN1CC1CCCS1(=O)=O. The second-order valence-corrected chi connectivity index (χ2v) is 9.59. The van der Waals surface area contributed by atoms with Crippen molar-refractivity contribution in [3.8, 4) is 0 Å². The highest BCUT2D eigenvalue weighted by atomic mass is 32.2. The van der Waals surface area contributed by atoms with Gasteiger partial charge in [-0.2, -0.15) is 0 Å². The lowest BCUT2D eigenvalue weighted by Crippen LogP contribution is -2.59. The molecule has 0 aromatic carbocycles. The van der Waals surface area contributed by atoms with Crippen molar-refractivity contribution in [2.24, 2.45) is 5.92 Å². The number of rotatable bonds is 3. The van der Waals surface area contributed by atoms with Crippen molar-refractivity contribution in [3.63, 3.8) is 0 Å². The van der Waals surface area contributed by atoms with Crippen molar-refractivity contribution in [3.05, 3.63) is 0 Å². The van der Waals surface area contributed by atoms with Gasteiger partial charge in [-0.3, -0.25) is 9.80 Å². The minimum absolute atomic E-state index is 0.100. The third-order valence-corrected chi connectivity index (χ3v) is 7.76. The zero-order valence-corrected chi connectivity index (χ0v) is 13.6. The van der Waals surface area contributed by atoms with Gasteiger partial charge in [-0.25, -0.2) is 8.42 Å². The maximum atomic E-state index is 12.1. The van der Waals surface area contributed by atoms with Gasteiger partial charge in [0.1, 0.15) is 0 Å². The largest absolute Gasteiger partial charge is 0.298 e. The highest BCUT2D eigenvalue weighted by Crippen LogP contribution is 2.30. The van der Waals surface area contributed by atoms with Crippen LogP contribution in [-0.4, -0.2) is 67.5 Å². The monoisotopic (exact) mass is 300 g/mol. The Morgan fingerprint density at radius 1 is 1.15 bits per heavy atom. The van der Waals surface area contributed by atoms with Crippen LogP contribution in [-0.2, 0) is 9.84 Å². The van der Waals surface area contributed by atoms with Crippen LogP contribution in [0.1, 0.15) is 39.5 Å². The zero-order chi connectivity index (χ0) is 14.3. The summed E-state index contributed by atoms with van der Waals surface area (Å²) in [7, 11) is -2.81. The smallest absolute Gasteiger partial charge is 0.154 e. The molecule has 3 saturated heterocycles. The Kier molecular flexibility index (Phi) is 4.13. The van der Waals surface area contributed by atoms with E-state index < -0.39 is 9.84 Å². The highest BCUT2D eigenvalue weighted by Gasteiger charge is 2.40. The summed E-state index contributed by atoms with van der Waals surface area (Å²) < 4.78 is 24.2. The van der Waals surface area contributed by atoms with E-state index in [0.717, 1.165) is 32.5 Å². The molecule has 3 heterocycles. The first kappa shape index (κ1) is 14.8. The lowest BCUT2D eigenvalue weighted by molar-refractivity contribution is 0.0293. The molecule has 4 nitrogen and oxygen atoms in total. The molecule has 3 aliphatic heterocycles. The molecule has 3 atom stereocenters. The van der Waals surface area contributed by atoms with E-state index in [4.69, 9.17) is 0 Å². The third kappa shape index (κ3) is 2.77. The molecule has 0 amide bonds. The molecule has 3 fully saturated rings. The van der Waals surface area contributed by atoms with Crippen molar-refractivity contribution in [1.82, 2.24) is 9.80 Å². The maximum Gasteiger partial charge on any atom is 0.154 e. The Morgan fingerprint density at radius 2 is 1.95 bits per heavy atom. The quantitative estimate of drug-likeness (QED) is 0.789. The predicted molar refractivity (Wildman–Crippen MR) is 81.6 cm³/mol. The van der Waals surface area contributed by atoms with Crippen LogP contribution >= 0.6 is 0 Å². The van der Waals surface area contributed by atoms with E-state index in [0.29, 0.717) is 23.8 Å². The van der Waals surface area contributed by atoms with Crippen LogP contribution < -0.4 is 0 Å². The van der Waals surface area contributed by atoms with Crippen molar-refractivity contribution >= 4 is 9.84 Å². The Hall–Kier alpha value is -0.130.